The standard InChI is InChI=1S/C15H21Cl2NO2/c1-10(19)11-5-7-18(9-11)8-6-14(20)12-3-2-4-13(16)15(12)17/h2-4,10-11,14,19-20H,5-9H2,1H3. The Balaban J connectivity index is 1.87. The number of hydrogen-bond donors (Lipinski definition) is 2. The van der Waals surface area contributed by atoms with Gasteiger partial charge in [0, 0.05) is 18.7 Å². The number of benzene rings is 1. The first-order valence-corrected chi connectivity index (χ1v) is 7.77. The van der Waals surface area contributed by atoms with Crippen LogP contribution in [0.4, 0.5) is 0 Å². The number of hydrogen-bond acceptors (Lipinski definition) is 3. The van der Waals surface area contributed by atoms with Crippen LogP contribution in [-0.4, -0.2) is 40.9 Å². The summed E-state index contributed by atoms with van der Waals surface area (Å²) < 4.78 is 0. The molecule has 1 aliphatic heterocycles. The van der Waals surface area contributed by atoms with Crippen molar-refractivity contribution in [2.75, 3.05) is 19.6 Å². The maximum atomic E-state index is 10.2. The molecule has 3 unspecified atom stereocenters. The van der Waals surface area contributed by atoms with Gasteiger partial charge in [0.1, 0.15) is 0 Å². The minimum Gasteiger partial charge on any atom is -0.393 e. The summed E-state index contributed by atoms with van der Waals surface area (Å²) in [6.45, 7) is 4.52. The second kappa shape index (κ2) is 7.10. The van der Waals surface area contributed by atoms with Crippen molar-refractivity contribution in [2.24, 2.45) is 5.92 Å². The quantitative estimate of drug-likeness (QED) is 0.877. The third kappa shape index (κ3) is 3.86. The highest BCUT2D eigenvalue weighted by atomic mass is 35.5. The number of nitrogens with zero attached hydrogens (tertiary/aromatic N) is 1. The van der Waals surface area contributed by atoms with Gasteiger partial charge in [0.15, 0.2) is 0 Å². The molecule has 0 aromatic heterocycles. The van der Waals surface area contributed by atoms with E-state index in [-0.39, 0.29) is 6.10 Å². The monoisotopic (exact) mass is 317 g/mol. The average Bonchev–Trinajstić information content (AvgIpc) is 2.88. The van der Waals surface area contributed by atoms with E-state index in [4.69, 9.17) is 23.2 Å². The van der Waals surface area contributed by atoms with Gasteiger partial charge in [-0.25, -0.2) is 0 Å². The van der Waals surface area contributed by atoms with Crippen LogP contribution in [0, 0.1) is 5.92 Å². The Morgan fingerprint density at radius 1 is 1.35 bits per heavy atom. The Kier molecular flexibility index (Phi) is 5.70. The van der Waals surface area contributed by atoms with E-state index < -0.39 is 6.10 Å². The van der Waals surface area contributed by atoms with Crippen molar-refractivity contribution in [3.05, 3.63) is 33.8 Å². The first-order valence-electron chi connectivity index (χ1n) is 7.01. The van der Waals surface area contributed by atoms with Crippen LogP contribution in [0.5, 0.6) is 0 Å². The van der Waals surface area contributed by atoms with Gasteiger partial charge in [0.25, 0.3) is 0 Å². The molecule has 2 N–H and O–H groups in total. The molecule has 20 heavy (non-hydrogen) atoms. The summed E-state index contributed by atoms with van der Waals surface area (Å²) >= 11 is 12.1. The molecule has 0 amide bonds. The van der Waals surface area contributed by atoms with E-state index in [9.17, 15) is 10.2 Å². The summed E-state index contributed by atoms with van der Waals surface area (Å²) in [7, 11) is 0. The van der Waals surface area contributed by atoms with Gasteiger partial charge in [-0.2, -0.15) is 0 Å². The molecule has 1 aromatic carbocycles. The SMILES string of the molecule is CC(O)C1CCN(CCC(O)c2cccc(Cl)c2Cl)C1. The van der Waals surface area contributed by atoms with E-state index in [1.54, 1.807) is 12.1 Å². The van der Waals surface area contributed by atoms with Crippen molar-refractivity contribution < 1.29 is 10.2 Å². The second-order valence-electron chi connectivity index (χ2n) is 5.54. The largest absolute Gasteiger partial charge is 0.393 e. The number of halogens is 2. The minimum atomic E-state index is -0.605. The summed E-state index contributed by atoms with van der Waals surface area (Å²) in [4.78, 5) is 2.28. The molecular formula is C15H21Cl2NO2. The summed E-state index contributed by atoms with van der Waals surface area (Å²) in [6.07, 6.45) is 0.775. The molecule has 2 rings (SSSR count). The molecule has 1 fully saturated rings. The van der Waals surface area contributed by atoms with Crippen molar-refractivity contribution in [3.8, 4) is 0 Å². The molecule has 3 atom stereocenters. The van der Waals surface area contributed by atoms with Gasteiger partial charge in [-0.15, -0.1) is 0 Å². The molecule has 0 radical (unpaired) electrons. The van der Waals surface area contributed by atoms with Crippen molar-refractivity contribution in [1.29, 1.82) is 0 Å². The van der Waals surface area contributed by atoms with E-state index in [1.807, 2.05) is 13.0 Å². The van der Waals surface area contributed by atoms with Crippen LogP contribution < -0.4 is 0 Å². The molecule has 3 nitrogen and oxygen atoms in total. The third-order valence-corrected chi connectivity index (χ3v) is 4.88. The fourth-order valence-corrected chi connectivity index (χ4v) is 3.13. The van der Waals surface area contributed by atoms with Gasteiger partial charge < -0.3 is 15.1 Å². The van der Waals surface area contributed by atoms with Crippen LogP contribution in [0.25, 0.3) is 0 Å². The van der Waals surface area contributed by atoms with E-state index in [1.165, 1.54) is 0 Å². The molecule has 1 heterocycles. The first-order chi connectivity index (χ1) is 9.49. The van der Waals surface area contributed by atoms with Gasteiger partial charge in [0.05, 0.1) is 22.3 Å². The second-order valence-corrected chi connectivity index (χ2v) is 6.32. The lowest BCUT2D eigenvalue weighted by atomic mass is 10.0. The Labute approximate surface area is 130 Å². The fraction of sp³-hybridized carbons (Fsp3) is 0.600. The normalized spacial score (nSPS) is 22.9. The average molecular weight is 318 g/mol. The highest BCUT2D eigenvalue weighted by Crippen LogP contribution is 2.31. The molecule has 0 aliphatic carbocycles. The molecule has 112 valence electrons. The van der Waals surface area contributed by atoms with E-state index in [0.29, 0.717) is 27.9 Å². The Hall–Kier alpha value is -0.320. The lowest BCUT2D eigenvalue weighted by Crippen LogP contribution is -2.26. The first kappa shape index (κ1) is 16.1. The van der Waals surface area contributed by atoms with Crippen LogP contribution in [0.3, 0.4) is 0 Å². The van der Waals surface area contributed by atoms with Gasteiger partial charge in [-0.05, 0) is 38.3 Å². The Morgan fingerprint density at radius 2 is 2.10 bits per heavy atom. The molecule has 5 heteroatoms. The molecule has 0 saturated carbocycles. The molecular weight excluding hydrogens is 297 g/mol. The lowest BCUT2D eigenvalue weighted by Gasteiger charge is -2.20. The van der Waals surface area contributed by atoms with Crippen molar-refractivity contribution >= 4 is 23.2 Å². The number of aliphatic hydroxyl groups is 2. The van der Waals surface area contributed by atoms with Crippen LogP contribution in [0.1, 0.15) is 31.4 Å². The van der Waals surface area contributed by atoms with Gasteiger partial charge in [-0.3, -0.25) is 0 Å². The zero-order chi connectivity index (χ0) is 14.7. The summed E-state index contributed by atoms with van der Waals surface area (Å²) in [5.74, 6) is 0.349. The predicted molar refractivity (Wildman–Crippen MR) is 82.3 cm³/mol. The Bertz CT molecular complexity index is 453. The van der Waals surface area contributed by atoms with E-state index >= 15 is 0 Å². The highest BCUT2D eigenvalue weighted by molar-refractivity contribution is 6.42. The summed E-state index contributed by atoms with van der Waals surface area (Å²) in [6, 6.07) is 5.32. The van der Waals surface area contributed by atoms with Crippen LogP contribution in [-0.2, 0) is 0 Å². The molecule has 1 saturated heterocycles. The van der Waals surface area contributed by atoms with Gasteiger partial charge in [0.2, 0.25) is 0 Å². The maximum absolute atomic E-state index is 10.2. The number of aliphatic hydroxyl groups excluding tert-OH is 2. The third-order valence-electron chi connectivity index (χ3n) is 4.05. The van der Waals surface area contributed by atoms with Gasteiger partial charge >= 0.3 is 0 Å². The zero-order valence-electron chi connectivity index (χ0n) is 11.6. The molecule has 0 bridgehead atoms. The van der Waals surface area contributed by atoms with Gasteiger partial charge in [-0.1, -0.05) is 35.3 Å². The Morgan fingerprint density at radius 3 is 2.75 bits per heavy atom. The maximum Gasteiger partial charge on any atom is 0.0817 e. The molecule has 1 aromatic rings. The minimum absolute atomic E-state index is 0.257. The zero-order valence-corrected chi connectivity index (χ0v) is 13.1. The van der Waals surface area contributed by atoms with E-state index in [2.05, 4.69) is 4.90 Å². The van der Waals surface area contributed by atoms with Crippen molar-refractivity contribution in [1.82, 2.24) is 4.90 Å². The van der Waals surface area contributed by atoms with E-state index in [0.717, 1.165) is 26.1 Å². The smallest absolute Gasteiger partial charge is 0.0817 e. The van der Waals surface area contributed by atoms with Crippen LogP contribution >= 0.6 is 23.2 Å². The van der Waals surface area contributed by atoms with Crippen LogP contribution in [0.15, 0.2) is 18.2 Å². The number of likely N-dealkylation sites (tertiary alicyclic amines) is 1. The summed E-state index contributed by atoms with van der Waals surface area (Å²) in [5, 5.41) is 20.7. The highest BCUT2D eigenvalue weighted by Gasteiger charge is 2.26. The topological polar surface area (TPSA) is 43.7 Å². The fourth-order valence-electron chi connectivity index (χ4n) is 2.70. The lowest BCUT2D eigenvalue weighted by molar-refractivity contribution is 0.121. The predicted octanol–water partition coefficient (Wildman–Crippen LogP) is 3.12. The molecule has 0 spiro atoms. The van der Waals surface area contributed by atoms with Crippen molar-refractivity contribution in [2.45, 2.75) is 32.0 Å². The van der Waals surface area contributed by atoms with Crippen LogP contribution in [0.2, 0.25) is 10.0 Å². The van der Waals surface area contributed by atoms with Crippen molar-refractivity contribution in [3.63, 3.8) is 0 Å². The number of rotatable bonds is 5. The summed E-state index contributed by atoms with van der Waals surface area (Å²) in [5.41, 5.74) is 0.686. The molecule has 1 aliphatic rings.